The number of hydrogen-bond donors (Lipinski definition) is 0. The first kappa shape index (κ1) is 15.8. The van der Waals surface area contributed by atoms with E-state index < -0.39 is 5.72 Å². The van der Waals surface area contributed by atoms with Crippen molar-refractivity contribution in [3.8, 4) is 0 Å². The lowest BCUT2D eigenvalue weighted by molar-refractivity contribution is -0.0588. The molecular formula is C16H19Cl2N3O. The molecule has 3 unspecified atom stereocenters. The van der Waals surface area contributed by atoms with E-state index in [1.165, 1.54) is 6.33 Å². The average Bonchev–Trinajstić information content (AvgIpc) is 3.11. The highest BCUT2D eigenvalue weighted by molar-refractivity contribution is 6.35. The number of aromatic nitrogens is 3. The van der Waals surface area contributed by atoms with Crippen LogP contribution in [-0.2, 0) is 10.5 Å². The van der Waals surface area contributed by atoms with Gasteiger partial charge in [0.15, 0.2) is 5.72 Å². The molecule has 0 aliphatic carbocycles. The second kappa shape index (κ2) is 6.19. The molecule has 0 saturated carbocycles. The molecule has 0 bridgehead atoms. The zero-order valence-corrected chi connectivity index (χ0v) is 14.2. The quantitative estimate of drug-likeness (QED) is 0.830. The highest BCUT2D eigenvalue weighted by Crippen LogP contribution is 2.48. The maximum absolute atomic E-state index is 6.48. The zero-order valence-electron chi connectivity index (χ0n) is 12.7. The lowest BCUT2D eigenvalue weighted by Gasteiger charge is -2.35. The van der Waals surface area contributed by atoms with Gasteiger partial charge in [-0.2, -0.15) is 5.10 Å². The lowest BCUT2D eigenvalue weighted by atomic mass is 9.82. The highest BCUT2D eigenvalue weighted by Gasteiger charge is 2.51. The zero-order chi connectivity index (χ0) is 15.7. The van der Waals surface area contributed by atoms with Gasteiger partial charge in [-0.1, -0.05) is 49.5 Å². The molecule has 1 saturated heterocycles. The van der Waals surface area contributed by atoms with Gasteiger partial charge in [-0.15, -0.1) is 0 Å². The lowest BCUT2D eigenvalue weighted by Crippen LogP contribution is -2.41. The van der Waals surface area contributed by atoms with Crippen LogP contribution < -0.4 is 0 Å². The van der Waals surface area contributed by atoms with Gasteiger partial charge in [0.25, 0.3) is 0 Å². The molecule has 0 N–H and O–H groups in total. The minimum absolute atomic E-state index is 0.229. The summed E-state index contributed by atoms with van der Waals surface area (Å²) in [4.78, 5) is 4.09. The predicted molar refractivity (Wildman–Crippen MR) is 87.1 cm³/mol. The van der Waals surface area contributed by atoms with Crippen LogP contribution in [0.2, 0.25) is 10.0 Å². The Morgan fingerprint density at radius 2 is 2.23 bits per heavy atom. The molecule has 22 heavy (non-hydrogen) atoms. The van der Waals surface area contributed by atoms with Crippen molar-refractivity contribution < 1.29 is 4.74 Å². The summed E-state index contributed by atoms with van der Waals surface area (Å²) in [5.41, 5.74) is 0.160. The number of hydrogen-bond acceptors (Lipinski definition) is 3. The molecule has 3 rings (SSSR count). The van der Waals surface area contributed by atoms with Crippen molar-refractivity contribution in [3.63, 3.8) is 0 Å². The molecule has 1 aliphatic rings. The first-order valence-electron chi connectivity index (χ1n) is 7.54. The van der Waals surface area contributed by atoms with E-state index in [2.05, 4.69) is 23.9 Å². The number of rotatable bonds is 4. The molecule has 1 aromatic heterocycles. The van der Waals surface area contributed by atoms with E-state index in [4.69, 9.17) is 27.9 Å². The van der Waals surface area contributed by atoms with Crippen LogP contribution in [0.15, 0.2) is 30.9 Å². The van der Waals surface area contributed by atoms with Crippen molar-refractivity contribution in [1.82, 2.24) is 14.8 Å². The van der Waals surface area contributed by atoms with Crippen LogP contribution in [0, 0.1) is 11.8 Å². The molecular weight excluding hydrogens is 321 g/mol. The van der Waals surface area contributed by atoms with E-state index in [1.54, 1.807) is 17.1 Å². The second-order valence-corrected chi connectivity index (χ2v) is 6.65. The number of nitrogens with zero attached hydrogens (tertiary/aromatic N) is 3. The monoisotopic (exact) mass is 339 g/mol. The SMILES string of the molecule is CCCC1COC(c2ccc(Cl)cc2Cl)(n2cncn2)C1C. The Hall–Kier alpha value is -1.10. The molecule has 0 radical (unpaired) electrons. The molecule has 0 spiro atoms. The summed E-state index contributed by atoms with van der Waals surface area (Å²) in [6.45, 7) is 5.07. The fourth-order valence-electron chi connectivity index (χ4n) is 3.41. The van der Waals surface area contributed by atoms with Crippen molar-refractivity contribution in [2.75, 3.05) is 6.61 Å². The van der Waals surface area contributed by atoms with Gasteiger partial charge in [0.1, 0.15) is 12.7 Å². The number of halogens is 2. The second-order valence-electron chi connectivity index (χ2n) is 5.81. The van der Waals surface area contributed by atoms with Gasteiger partial charge in [0.2, 0.25) is 0 Å². The van der Waals surface area contributed by atoms with E-state index in [0.29, 0.717) is 22.6 Å². The molecule has 118 valence electrons. The topological polar surface area (TPSA) is 39.9 Å². The van der Waals surface area contributed by atoms with Crippen LogP contribution in [0.1, 0.15) is 32.3 Å². The fourth-order valence-corrected chi connectivity index (χ4v) is 3.96. The molecule has 2 heterocycles. The van der Waals surface area contributed by atoms with E-state index in [1.807, 2.05) is 12.1 Å². The fraction of sp³-hybridized carbons (Fsp3) is 0.500. The Morgan fingerprint density at radius 3 is 2.86 bits per heavy atom. The summed E-state index contributed by atoms with van der Waals surface area (Å²) in [6, 6.07) is 5.52. The van der Waals surface area contributed by atoms with Gasteiger partial charge in [-0.3, -0.25) is 0 Å². The summed E-state index contributed by atoms with van der Waals surface area (Å²) in [5, 5.41) is 5.54. The van der Waals surface area contributed by atoms with Gasteiger partial charge in [-0.25, -0.2) is 9.67 Å². The Balaban J connectivity index is 2.13. The molecule has 3 atom stereocenters. The summed E-state index contributed by atoms with van der Waals surface area (Å²) >= 11 is 12.5. The molecule has 6 heteroatoms. The third-order valence-corrected chi connectivity index (χ3v) is 5.13. The standard InChI is InChI=1S/C16H19Cl2N3O/c1-3-4-12-8-22-16(11(12)2,21-10-19-9-20-21)14-6-5-13(17)7-15(14)18/h5-7,9-12H,3-4,8H2,1-2H3. The van der Waals surface area contributed by atoms with E-state index in [9.17, 15) is 0 Å². The van der Waals surface area contributed by atoms with Crippen LogP contribution in [0.3, 0.4) is 0 Å². The Morgan fingerprint density at radius 1 is 1.41 bits per heavy atom. The predicted octanol–water partition coefficient (Wildman–Crippen LogP) is 4.37. The molecule has 1 aliphatic heterocycles. The Bertz CT molecular complexity index is 647. The first-order valence-corrected chi connectivity index (χ1v) is 8.29. The van der Waals surface area contributed by atoms with Gasteiger partial charge in [0, 0.05) is 16.5 Å². The maximum atomic E-state index is 6.48. The molecule has 2 aromatic rings. The minimum Gasteiger partial charge on any atom is -0.349 e. The third-order valence-electron chi connectivity index (χ3n) is 4.58. The number of benzene rings is 1. The average molecular weight is 340 g/mol. The highest BCUT2D eigenvalue weighted by atomic mass is 35.5. The van der Waals surface area contributed by atoms with Crippen molar-refractivity contribution in [2.45, 2.75) is 32.4 Å². The van der Waals surface area contributed by atoms with E-state index in [0.717, 1.165) is 18.4 Å². The number of ether oxygens (including phenoxy) is 1. The third kappa shape index (κ3) is 2.43. The Labute approximate surface area is 140 Å². The van der Waals surface area contributed by atoms with Crippen molar-refractivity contribution in [2.24, 2.45) is 11.8 Å². The summed E-state index contributed by atoms with van der Waals surface area (Å²) in [6.07, 6.45) is 5.45. The van der Waals surface area contributed by atoms with Crippen LogP contribution in [0.25, 0.3) is 0 Å². The molecule has 4 nitrogen and oxygen atoms in total. The van der Waals surface area contributed by atoms with Crippen LogP contribution >= 0.6 is 23.2 Å². The van der Waals surface area contributed by atoms with Crippen molar-refractivity contribution >= 4 is 23.2 Å². The smallest absolute Gasteiger partial charge is 0.192 e. The van der Waals surface area contributed by atoms with Gasteiger partial charge < -0.3 is 4.74 Å². The first-order chi connectivity index (χ1) is 10.6. The molecule has 1 fully saturated rings. The summed E-state index contributed by atoms with van der Waals surface area (Å²) in [5.74, 6) is 0.689. The Kier molecular flexibility index (Phi) is 4.44. The minimum atomic E-state index is -0.724. The van der Waals surface area contributed by atoms with Gasteiger partial charge in [0.05, 0.1) is 11.6 Å². The van der Waals surface area contributed by atoms with Crippen LogP contribution in [0.4, 0.5) is 0 Å². The van der Waals surface area contributed by atoms with Crippen molar-refractivity contribution in [1.29, 1.82) is 0 Å². The summed E-state index contributed by atoms with van der Waals surface area (Å²) < 4.78 is 8.08. The van der Waals surface area contributed by atoms with Gasteiger partial charge >= 0.3 is 0 Å². The maximum Gasteiger partial charge on any atom is 0.192 e. The largest absolute Gasteiger partial charge is 0.349 e. The van der Waals surface area contributed by atoms with E-state index >= 15 is 0 Å². The van der Waals surface area contributed by atoms with Crippen molar-refractivity contribution in [3.05, 3.63) is 46.5 Å². The molecule has 0 amide bonds. The van der Waals surface area contributed by atoms with E-state index in [-0.39, 0.29) is 5.92 Å². The van der Waals surface area contributed by atoms with Crippen LogP contribution in [-0.4, -0.2) is 21.4 Å². The normalized spacial score (nSPS) is 28.2. The summed E-state index contributed by atoms with van der Waals surface area (Å²) in [7, 11) is 0. The van der Waals surface area contributed by atoms with Gasteiger partial charge in [-0.05, 0) is 24.5 Å². The molecule has 1 aromatic carbocycles. The van der Waals surface area contributed by atoms with Crippen LogP contribution in [0.5, 0.6) is 0 Å².